The molecule has 4 fully saturated rings. The number of allylic oxidation sites excluding steroid dienone is 1. The highest BCUT2D eigenvalue weighted by Gasteiger charge is 2.78. The second-order valence-electron chi connectivity index (χ2n) is 11.2. The first-order chi connectivity index (χ1) is 14.9. The van der Waals surface area contributed by atoms with Gasteiger partial charge < -0.3 is 19.7 Å². The van der Waals surface area contributed by atoms with E-state index in [-0.39, 0.29) is 17.8 Å². The summed E-state index contributed by atoms with van der Waals surface area (Å²) in [4.78, 5) is 25.7. The molecule has 2 N–H and O–H groups in total. The number of hydrogen-bond acceptors (Lipinski definition) is 6. The van der Waals surface area contributed by atoms with Crippen molar-refractivity contribution in [3.8, 4) is 0 Å². The van der Waals surface area contributed by atoms with Crippen LogP contribution in [0.2, 0.25) is 0 Å². The number of fused-ring (bicyclic) bond motifs is 3. The minimum Gasteiger partial charge on any atom is -0.469 e. The Morgan fingerprint density at radius 3 is 2.53 bits per heavy atom. The van der Waals surface area contributed by atoms with Gasteiger partial charge in [-0.1, -0.05) is 26.0 Å². The molecule has 4 aliphatic carbocycles. The molecule has 4 aliphatic rings. The first-order valence-electron chi connectivity index (χ1n) is 11.9. The van der Waals surface area contributed by atoms with E-state index in [1.54, 1.807) is 19.9 Å². The average Bonchev–Trinajstić information content (AvgIpc) is 2.98. The van der Waals surface area contributed by atoms with Crippen LogP contribution in [0.15, 0.2) is 23.8 Å². The quantitative estimate of drug-likeness (QED) is 0.390. The van der Waals surface area contributed by atoms with Crippen molar-refractivity contribution in [3.05, 3.63) is 23.8 Å². The van der Waals surface area contributed by atoms with Crippen LogP contribution in [-0.4, -0.2) is 47.1 Å². The lowest BCUT2D eigenvalue weighted by Gasteiger charge is -2.69. The van der Waals surface area contributed by atoms with E-state index < -0.39 is 40.0 Å². The van der Waals surface area contributed by atoms with Crippen molar-refractivity contribution in [2.45, 2.75) is 90.4 Å². The van der Waals surface area contributed by atoms with Gasteiger partial charge in [-0.2, -0.15) is 0 Å². The zero-order valence-electron chi connectivity index (χ0n) is 20.1. The lowest BCUT2D eigenvalue weighted by atomic mass is 9.38. The third kappa shape index (κ3) is 2.65. The fourth-order valence-corrected chi connectivity index (χ4v) is 8.34. The van der Waals surface area contributed by atoms with Crippen molar-refractivity contribution in [1.29, 1.82) is 0 Å². The smallest absolute Gasteiger partial charge is 0.333 e. The van der Waals surface area contributed by atoms with Gasteiger partial charge in [0.1, 0.15) is 11.7 Å². The van der Waals surface area contributed by atoms with Gasteiger partial charge in [0.25, 0.3) is 0 Å². The van der Waals surface area contributed by atoms with Gasteiger partial charge >= 0.3 is 11.9 Å². The van der Waals surface area contributed by atoms with Gasteiger partial charge in [-0.25, -0.2) is 4.79 Å². The predicted octanol–water partition coefficient (Wildman–Crippen LogP) is 3.70. The van der Waals surface area contributed by atoms with Crippen LogP contribution in [0.1, 0.15) is 72.6 Å². The SMILES string of the molecule is C=C1C2CC(O)C3(O)C4(C)CCCC(C)(C(=O)OC)C4CCC3(C2)C1OC(=O)C(C)=CC. The summed E-state index contributed by atoms with van der Waals surface area (Å²) in [6.07, 6.45) is 4.55. The van der Waals surface area contributed by atoms with Crippen molar-refractivity contribution >= 4 is 11.9 Å². The van der Waals surface area contributed by atoms with Crippen LogP contribution in [0, 0.1) is 28.1 Å². The Morgan fingerprint density at radius 2 is 1.91 bits per heavy atom. The summed E-state index contributed by atoms with van der Waals surface area (Å²) in [7, 11) is 1.42. The Morgan fingerprint density at radius 1 is 1.22 bits per heavy atom. The molecule has 32 heavy (non-hydrogen) atoms. The van der Waals surface area contributed by atoms with Crippen molar-refractivity contribution < 1.29 is 29.3 Å². The number of rotatable bonds is 3. The van der Waals surface area contributed by atoms with E-state index in [1.165, 1.54) is 7.11 Å². The second kappa shape index (κ2) is 7.42. The van der Waals surface area contributed by atoms with Crippen LogP contribution in [0.3, 0.4) is 0 Å². The van der Waals surface area contributed by atoms with Crippen molar-refractivity contribution in [2.24, 2.45) is 28.1 Å². The summed E-state index contributed by atoms with van der Waals surface area (Å²) in [5.41, 5.74) is -2.44. The summed E-state index contributed by atoms with van der Waals surface area (Å²) in [6.45, 7) is 11.7. The molecule has 0 aromatic carbocycles. The number of hydrogen-bond donors (Lipinski definition) is 2. The Bertz CT molecular complexity index is 878. The molecule has 0 amide bonds. The molecule has 0 heterocycles. The number of carbonyl (C=O) groups is 2. The molecule has 8 atom stereocenters. The van der Waals surface area contributed by atoms with Gasteiger partial charge in [0.15, 0.2) is 0 Å². The van der Waals surface area contributed by atoms with Gasteiger partial charge in [0, 0.05) is 16.4 Å². The first-order valence-corrected chi connectivity index (χ1v) is 11.9. The molecule has 4 saturated carbocycles. The van der Waals surface area contributed by atoms with Crippen LogP contribution >= 0.6 is 0 Å². The molecular formula is C26H38O6. The largest absolute Gasteiger partial charge is 0.469 e. The highest BCUT2D eigenvalue weighted by molar-refractivity contribution is 5.88. The van der Waals surface area contributed by atoms with Gasteiger partial charge in [-0.3, -0.25) is 4.79 Å². The number of aliphatic hydroxyl groups excluding tert-OH is 1. The van der Waals surface area contributed by atoms with Gasteiger partial charge in [-0.15, -0.1) is 0 Å². The fourth-order valence-electron chi connectivity index (χ4n) is 8.34. The number of ether oxygens (including phenoxy) is 2. The Balaban J connectivity index is 1.83. The molecule has 178 valence electrons. The Hall–Kier alpha value is -1.66. The zero-order valence-corrected chi connectivity index (χ0v) is 20.1. The summed E-state index contributed by atoms with van der Waals surface area (Å²) in [6, 6.07) is 0. The lowest BCUT2D eigenvalue weighted by Crippen LogP contribution is -2.75. The maximum atomic E-state index is 12.9. The predicted molar refractivity (Wildman–Crippen MR) is 119 cm³/mol. The second-order valence-corrected chi connectivity index (χ2v) is 11.2. The number of carbonyl (C=O) groups excluding carboxylic acids is 2. The highest BCUT2D eigenvalue weighted by Crippen LogP contribution is 2.74. The molecule has 6 heteroatoms. The third-order valence-electron chi connectivity index (χ3n) is 10.0. The Labute approximate surface area is 191 Å². The van der Waals surface area contributed by atoms with Crippen LogP contribution in [0.4, 0.5) is 0 Å². The maximum Gasteiger partial charge on any atom is 0.333 e. The number of aliphatic hydroxyl groups is 2. The van der Waals surface area contributed by atoms with Crippen LogP contribution in [0.25, 0.3) is 0 Å². The minimum atomic E-state index is -1.50. The topological polar surface area (TPSA) is 93.1 Å². The summed E-state index contributed by atoms with van der Waals surface area (Å²) in [5.74, 6) is -0.795. The lowest BCUT2D eigenvalue weighted by molar-refractivity contribution is -0.311. The van der Waals surface area contributed by atoms with E-state index in [0.29, 0.717) is 44.1 Å². The molecule has 1 spiro atoms. The zero-order chi connectivity index (χ0) is 23.7. The molecule has 0 aromatic heterocycles. The van der Waals surface area contributed by atoms with Gasteiger partial charge in [0.05, 0.1) is 18.6 Å². The van der Waals surface area contributed by atoms with E-state index in [9.17, 15) is 19.8 Å². The maximum absolute atomic E-state index is 12.9. The summed E-state index contributed by atoms with van der Waals surface area (Å²) in [5, 5.41) is 24.1. The molecule has 0 aromatic rings. The van der Waals surface area contributed by atoms with Crippen molar-refractivity contribution in [2.75, 3.05) is 7.11 Å². The van der Waals surface area contributed by atoms with Crippen molar-refractivity contribution in [3.63, 3.8) is 0 Å². The normalized spacial score (nSPS) is 48.0. The fraction of sp³-hybridized carbons (Fsp3) is 0.769. The summed E-state index contributed by atoms with van der Waals surface area (Å²) < 4.78 is 11.2. The molecule has 0 saturated heterocycles. The van der Waals surface area contributed by atoms with Crippen LogP contribution in [0.5, 0.6) is 0 Å². The minimum absolute atomic E-state index is 0.00437. The van der Waals surface area contributed by atoms with Crippen molar-refractivity contribution in [1.82, 2.24) is 0 Å². The molecule has 0 aliphatic heterocycles. The van der Waals surface area contributed by atoms with E-state index >= 15 is 0 Å². The van der Waals surface area contributed by atoms with Crippen LogP contribution in [-0.2, 0) is 19.1 Å². The van der Waals surface area contributed by atoms with E-state index in [1.807, 2.05) is 13.8 Å². The standard InChI is InChI=1S/C26H38O6/c1-7-15(2)21(28)32-20-16(3)17-13-19(27)26(30)24(5)11-8-10-23(4,22(29)31-6)18(24)9-12-25(20,26)14-17/h7,17-20,27,30H,3,8-14H2,1-2,4-6H3. The molecular weight excluding hydrogens is 408 g/mol. The molecule has 6 nitrogen and oxygen atoms in total. The number of methoxy groups -OCH3 is 1. The molecule has 2 bridgehead atoms. The van der Waals surface area contributed by atoms with Gasteiger partial charge in [-0.05, 0) is 76.7 Å². The van der Waals surface area contributed by atoms with E-state index in [0.717, 1.165) is 12.0 Å². The van der Waals surface area contributed by atoms with E-state index in [2.05, 4.69) is 6.58 Å². The van der Waals surface area contributed by atoms with Crippen LogP contribution < -0.4 is 0 Å². The third-order valence-corrected chi connectivity index (χ3v) is 10.0. The van der Waals surface area contributed by atoms with E-state index in [4.69, 9.17) is 9.47 Å². The average molecular weight is 447 g/mol. The monoisotopic (exact) mass is 446 g/mol. The summed E-state index contributed by atoms with van der Waals surface area (Å²) >= 11 is 0. The molecule has 0 radical (unpaired) electrons. The molecule has 4 rings (SSSR count). The van der Waals surface area contributed by atoms with Gasteiger partial charge in [0.2, 0.25) is 0 Å². The molecule has 8 unspecified atom stereocenters. The Kier molecular flexibility index (Phi) is 5.45. The highest BCUT2D eigenvalue weighted by atomic mass is 16.5. The first kappa shape index (κ1) is 23.5. The number of esters is 2.